The normalized spacial score (nSPS) is 26.8. The van der Waals surface area contributed by atoms with Crippen LogP contribution in [0.2, 0.25) is 23.6 Å². The second-order valence-corrected chi connectivity index (χ2v) is 15.6. The van der Waals surface area contributed by atoms with Crippen molar-refractivity contribution in [2.45, 2.75) is 49.8 Å². The summed E-state index contributed by atoms with van der Waals surface area (Å²) in [7, 11) is -1.34. The molecule has 1 fully saturated rings. The summed E-state index contributed by atoms with van der Waals surface area (Å²) in [6.45, 7) is 9.37. The van der Waals surface area contributed by atoms with Crippen LogP contribution < -0.4 is 4.46 Å². The van der Waals surface area contributed by atoms with Crippen LogP contribution in [-0.4, -0.2) is 28.8 Å². The summed E-state index contributed by atoms with van der Waals surface area (Å²) in [5.41, 5.74) is 0. The van der Waals surface area contributed by atoms with E-state index in [0.29, 0.717) is 37.0 Å². The summed E-state index contributed by atoms with van der Waals surface area (Å²) in [6, 6.07) is 10.8. The Labute approximate surface area is 124 Å². The molecule has 0 aliphatic heterocycles. The van der Waals surface area contributed by atoms with Crippen molar-refractivity contribution in [1.82, 2.24) is 0 Å². The molecule has 104 valence electrons. The number of hydrogen-bond donors (Lipinski definition) is 0. The van der Waals surface area contributed by atoms with E-state index in [4.69, 9.17) is 0 Å². The molecule has 19 heavy (non-hydrogen) atoms. The number of rotatable bonds is 5. The minimum atomic E-state index is -1.34. The maximum atomic E-state index is 12.3. The third-order valence-electron chi connectivity index (χ3n) is 4.42. The number of benzene rings is 1. The van der Waals surface area contributed by atoms with Crippen molar-refractivity contribution in [3.63, 3.8) is 0 Å². The number of carbonyl (C=O) groups is 1. The average Bonchev–Trinajstić information content (AvgIpc) is 2.34. The molecular formula is C16H24OSeSi. The van der Waals surface area contributed by atoms with Gasteiger partial charge in [0.25, 0.3) is 0 Å². The molecule has 0 aromatic heterocycles. The molecule has 0 saturated heterocycles. The Morgan fingerprint density at radius 3 is 2.37 bits per heavy atom. The molecule has 1 aromatic carbocycles. The van der Waals surface area contributed by atoms with Crippen LogP contribution in [0.1, 0.15) is 26.2 Å². The Hall–Kier alpha value is -0.374. The van der Waals surface area contributed by atoms with Crippen molar-refractivity contribution in [3.8, 4) is 0 Å². The molecule has 0 N–H and O–H groups in total. The van der Waals surface area contributed by atoms with Crippen molar-refractivity contribution >= 4 is 33.3 Å². The van der Waals surface area contributed by atoms with Crippen LogP contribution in [0.25, 0.3) is 0 Å². The molecule has 1 aliphatic carbocycles. The van der Waals surface area contributed by atoms with Crippen LogP contribution in [0.4, 0.5) is 0 Å². The molecule has 0 radical (unpaired) electrons. The Balaban J connectivity index is 2.30. The van der Waals surface area contributed by atoms with E-state index in [9.17, 15) is 4.79 Å². The summed E-state index contributed by atoms with van der Waals surface area (Å²) >= 11 is 0.437. The molecule has 3 heteroatoms. The van der Waals surface area contributed by atoms with E-state index in [-0.39, 0.29) is 0 Å². The van der Waals surface area contributed by atoms with Gasteiger partial charge in [0.05, 0.1) is 0 Å². The fourth-order valence-electron chi connectivity index (χ4n) is 3.09. The number of Topliss-reactive ketones (excluding diaryl/α,β-unsaturated/α-hetero) is 1. The second kappa shape index (κ2) is 5.55. The molecule has 2 unspecified atom stereocenters. The summed E-state index contributed by atoms with van der Waals surface area (Å²) < 4.78 is 1.82. The van der Waals surface area contributed by atoms with Gasteiger partial charge in [-0.3, -0.25) is 0 Å². The summed E-state index contributed by atoms with van der Waals surface area (Å²) in [5, 5.41) is 0. The van der Waals surface area contributed by atoms with E-state index >= 15 is 0 Å². The molecule has 0 spiro atoms. The Bertz CT molecular complexity index is 452. The Morgan fingerprint density at radius 2 is 1.95 bits per heavy atom. The fourth-order valence-corrected chi connectivity index (χ4v) is 11.0. The van der Waals surface area contributed by atoms with Gasteiger partial charge < -0.3 is 0 Å². The van der Waals surface area contributed by atoms with Crippen molar-refractivity contribution < 1.29 is 4.79 Å². The minimum absolute atomic E-state index is 0.351. The van der Waals surface area contributed by atoms with Crippen LogP contribution in [-0.2, 0) is 4.79 Å². The molecule has 1 saturated carbocycles. The number of ketones is 1. The van der Waals surface area contributed by atoms with Crippen molar-refractivity contribution in [1.29, 1.82) is 0 Å². The van der Waals surface area contributed by atoms with Gasteiger partial charge in [0.2, 0.25) is 0 Å². The van der Waals surface area contributed by atoms with E-state index in [2.05, 4.69) is 50.0 Å². The monoisotopic (exact) mass is 340 g/mol. The topological polar surface area (TPSA) is 17.1 Å². The van der Waals surface area contributed by atoms with Gasteiger partial charge in [-0.25, -0.2) is 0 Å². The van der Waals surface area contributed by atoms with Gasteiger partial charge in [0.1, 0.15) is 0 Å². The molecule has 0 heterocycles. The standard InChI is InChI=1S/C16H24OSeSi/c1-5-15(17)14-11-12-16(14,19(2,3)4)18-13-9-7-6-8-10-13/h6-10,14H,5,11-12H2,1-4H3. The molecule has 2 rings (SSSR count). The average molecular weight is 339 g/mol. The van der Waals surface area contributed by atoms with Gasteiger partial charge in [-0.1, -0.05) is 0 Å². The third-order valence-corrected chi connectivity index (χ3v) is 14.8. The van der Waals surface area contributed by atoms with Gasteiger partial charge in [0.15, 0.2) is 0 Å². The summed E-state index contributed by atoms with van der Waals surface area (Å²) in [5.74, 6) is 0.857. The van der Waals surface area contributed by atoms with E-state index < -0.39 is 8.07 Å². The van der Waals surface area contributed by atoms with Crippen molar-refractivity contribution in [3.05, 3.63) is 30.3 Å². The molecule has 1 aliphatic rings. The quantitative estimate of drug-likeness (QED) is 0.751. The van der Waals surface area contributed by atoms with E-state index in [1.54, 1.807) is 0 Å². The molecule has 0 amide bonds. The molecule has 1 nitrogen and oxygen atoms in total. The first kappa shape index (κ1) is 15.0. The van der Waals surface area contributed by atoms with Gasteiger partial charge in [-0.15, -0.1) is 0 Å². The Kier molecular flexibility index (Phi) is 4.39. The maximum absolute atomic E-state index is 12.3. The predicted molar refractivity (Wildman–Crippen MR) is 85.9 cm³/mol. The van der Waals surface area contributed by atoms with Crippen LogP contribution in [0.15, 0.2) is 30.3 Å². The van der Waals surface area contributed by atoms with Crippen LogP contribution in [0.3, 0.4) is 0 Å². The van der Waals surface area contributed by atoms with Gasteiger partial charge in [-0.05, 0) is 0 Å². The second-order valence-electron chi connectivity index (χ2n) is 6.47. The van der Waals surface area contributed by atoms with Crippen LogP contribution in [0.5, 0.6) is 0 Å². The summed E-state index contributed by atoms with van der Waals surface area (Å²) in [6.07, 6.45) is 3.11. The predicted octanol–water partition coefficient (Wildman–Crippen LogP) is 3.44. The molecule has 0 bridgehead atoms. The zero-order valence-electron chi connectivity index (χ0n) is 12.4. The van der Waals surface area contributed by atoms with Gasteiger partial charge in [-0.2, -0.15) is 0 Å². The van der Waals surface area contributed by atoms with Crippen molar-refractivity contribution in [2.75, 3.05) is 0 Å². The molecule has 1 aromatic rings. The zero-order valence-corrected chi connectivity index (χ0v) is 15.1. The first-order valence-corrected chi connectivity index (χ1v) is 12.4. The van der Waals surface area contributed by atoms with Crippen LogP contribution >= 0.6 is 0 Å². The number of hydrogen-bond acceptors (Lipinski definition) is 1. The first-order valence-electron chi connectivity index (χ1n) is 7.17. The first-order chi connectivity index (χ1) is 8.90. The van der Waals surface area contributed by atoms with E-state index in [0.717, 1.165) is 6.42 Å². The van der Waals surface area contributed by atoms with E-state index in [1.165, 1.54) is 10.9 Å². The Morgan fingerprint density at radius 1 is 1.32 bits per heavy atom. The fraction of sp³-hybridized carbons (Fsp3) is 0.562. The number of carbonyl (C=O) groups excluding carboxylic acids is 1. The zero-order chi connectivity index (χ0) is 14.1. The molecule has 2 atom stereocenters. The molecular weight excluding hydrogens is 315 g/mol. The van der Waals surface area contributed by atoms with Gasteiger partial charge in [0, 0.05) is 0 Å². The van der Waals surface area contributed by atoms with E-state index in [1.807, 2.05) is 6.92 Å². The SMILES string of the molecule is CCC(=O)C1CCC1([Se]c1ccccc1)[Si](C)(C)C. The van der Waals surface area contributed by atoms with Crippen molar-refractivity contribution in [2.24, 2.45) is 5.92 Å². The van der Waals surface area contributed by atoms with Gasteiger partial charge >= 0.3 is 124 Å². The van der Waals surface area contributed by atoms with Crippen LogP contribution in [0, 0.1) is 5.92 Å². The third kappa shape index (κ3) is 2.74. The summed E-state index contributed by atoms with van der Waals surface area (Å²) in [4.78, 5) is 12.3.